The van der Waals surface area contributed by atoms with Gasteiger partial charge < -0.3 is 24.8 Å². The lowest BCUT2D eigenvalue weighted by Crippen LogP contribution is -2.32. The average Bonchev–Trinajstić information content (AvgIpc) is 3.59. The number of anilines is 1. The number of benzene rings is 1. The van der Waals surface area contributed by atoms with E-state index in [1.54, 1.807) is 0 Å². The first-order valence-corrected chi connectivity index (χ1v) is 12.2. The zero-order chi connectivity index (χ0) is 22.5. The molecule has 2 aliphatic heterocycles. The van der Waals surface area contributed by atoms with Crippen LogP contribution in [0, 0.1) is 0 Å². The van der Waals surface area contributed by atoms with E-state index in [4.69, 9.17) is 17.0 Å². The second-order valence-electron chi connectivity index (χ2n) is 8.69. The molecule has 3 atom stereocenters. The first kappa shape index (κ1) is 21.9. The van der Waals surface area contributed by atoms with Crippen LogP contribution in [-0.2, 0) is 11.3 Å². The summed E-state index contributed by atoms with van der Waals surface area (Å²) in [5.41, 5.74) is 3.41. The van der Waals surface area contributed by atoms with Gasteiger partial charge in [-0.1, -0.05) is 24.3 Å². The van der Waals surface area contributed by atoms with Crippen molar-refractivity contribution in [3.8, 4) is 0 Å². The van der Waals surface area contributed by atoms with Gasteiger partial charge >= 0.3 is 0 Å². The summed E-state index contributed by atoms with van der Waals surface area (Å²) in [6.07, 6.45) is 7.56. The Morgan fingerprint density at radius 3 is 2.76 bits per heavy atom. The number of ether oxygens (including phenoxy) is 1. The van der Waals surface area contributed by atoms with Gasteiger partial charge in [-0.15, -0.1) is 0 Å². The molecule has 0 unspecified atom stereocenters. The van der Waals surface area contributed by atoms with Crippen molar-refractivity contribution in [3.63, 3.8) is 0 Å². The molecule has 0 amide bonds. The number of rotatable bonds is 9. The van der Waals surface area contributed by atoms with Crippen LogP contribution in [0.4, 0.5) is 5.69 Å². The zero-order valence-corrected chi connectivity index (χ0v) is 19.6. The maximum atomic E-state index is 5.93. The molecule has 3 aromatic rings. The SMILES string of the molecule is S=C1N[C@H](c2ccccn2)[C@H](c2cccn2C[C@H]2CCCO2)N1CCCNc1ccccc1. The largest absolute Gasteiger partial charge is 0.385 e. The minimum atomic E-state index is 0.0129. The van der Waals surface area contributed by atoms with Crippen molar-refractivity contribution in [2.24, 2.45) is 0 Å². The fourth-order valence-corrected chi connectivity index (χ4v) is 5.21. The number of thiocarbonyl (C=S) groups is 1. The Hall–Kier alpha value is -2.90. The quantitative estimate of drug-likeness (QED) is 0.361. The second-order valence-corrected chi connectivity index (χ2v) is 9.07. The molecule has 0 radical (unpaired) electrons. The smallest absolute Gasteiger partial charge is 0.170 e. The first-order chi connectivity index (χ1) is 16.3. The molecule has 0 saturated carbocycles. The lowest BCUT2D eigenvalue weighted by atomic mass is 10.0. The highest BCUT2D eigenvalue weighted by atomic mass is 32.1. The summed E-state index contributed by atoms with van der Waals surface area (Å²) in [6, 6.07) is 20.9. The highest BCUT2D eigenvalue weighted by Gasteiger charge is 2.41. The lowest BCUT2D eigenvalue weighted by Gasteiger charge is -2.29. The molecular weight excluding hydrogens is 430 g/mol. The summed E-state index contributed by atoms with van der Waals surface area (Å²) in [7, 11) is 0. The van der Waals surface area contributed by atoms with Crippen molar-refractivity contribution in [2.75, 3.05) is 25.0 Å². The van der Waals surface area contributed by atoms with Gasteiger partial charge in [0.2, 0.25) is 0 Å². The van der Waals surface area contributed by atoms with Gasteiger partial charge in [-0.05, 0) is 67.9 Å². The summed E-state index contributed by atoms with van der Waals surface area (Å²) in [6.45, 7) is 3.50. The Balaban J connectivity index is 1.35. The molecule has 2 fully saturated rings. The third-order valence-corrected chi connectivity index (χ3v) is 6.82. The van der Waals surface area contributed by atoms with Crippen molar-refractivity contribution in [1.29, 1.82) is 0 Å². The Morgan fingerprint density at radius 1 is 1.09 bits per heavy atom. The number of aromatic nitrogens is 2. The van der Waals surface area contributed by atoms with Crippen LogP contribution in [0.15, 0.2) is 73.1 Å². The van der Waals surface area contributed by atoms with Crippen LogP contribution in [0.1, 0.15) is 42.7 Å². The second kappa shape index (κ2) is 10.4. The molecule has 7 heteroatoms. The van der Waals surface area contributed by atoms with E-state index in [1.807, 2.05) is 24.4 Å². The van der Waals surface area contributed by atoms with E-state index >= 15 is 0 Å². The molecule has 0 bridgehead atoms. The fourth-order valence-electron chi connectivity index (χ4n) is 4.88. The van der Waals surface area contributed by atoms with Gasteiger partial charge in [-0.2, -0.15) is 0 Å². The molecule has 2 saturated heterocycles. The lowest BCUT2D eigenvalue weighted by molar-refractivity contribution is 0.0953. The third-order valence-electron chi connectivity index (χ3n) is 6.47. The standard InChI is InChI=1S/C26H31N5OS/c33-26-29-24(22-12-4-5-14-28-22)25(23-13-6-16-30(23)19-21-11-7-18-32-21)31(26)17-8-15-27-20-9-2-1-3-10-20/h1-6,9-10,12-14,16,21,24-25,27H,7-8,11,15,17-19H2,(H,29,33)/t21-,24-,25+/m1/s1. The molecule has 2 N–H and O–H groups in total. The van der Waals surface area contributed by atoms with Crippen molar-refractivity contribution in [3.05, 3.63) is 84.4 Å². The molecule has 4 heterocycles. The maximum absolute atomic E-state index is 5.93. The van der Waals surface area contributed by atoms with Crippen molar-refractivity contribution >= 4 is 23.0 Å². The van der Waals surface area contributed by atoms with Crippen molar-refractivity contribution in [2.45, 2.75) is 44.0 Å². The summed E-state index contributed by atoms with van der Waals surface area (Å²) in [4.78, 5) is 7.00. The molecular formula is C26H31N5OS. The topological polar surface area (TPSA) is 54.4 Å². The van der Waals surface area contributed by atoms with Crippen LogP contribution in [0.5, 0.6) is 0 Å². The maximum Gasteiger partial charge on any atom is 0.170 e. The monoisotopic (exact) mass is 461 g/mol. The van der Waals surface area contributed by atoms with Crippen molar-refractivity contribution < 1.29 is 4.74 Å². The van der Waals surface area contributed by atoms with Crippen LogP contribution in [0.25, 0.3) is 0 Å². The summed E-state index contributed by atoms with van der Waals surface area (Å²) >= 11 is 5.83. The van der Waals surface area contributed by atoms with E-state index in [1.165, 1.54) is 5.69 Å². The molecule has 0 spiro atoms. The molecule has 33 heavy (non-hydrogen) atoms. The predicted octanol–water partition coefficient (Wildman–Crippen LogP) is 4.54. The Kier molecular flexibility index (Phi) is 6.88. The van der Waals surface area contributed by atoms with Crippen LogP contribution in [0.3, 0.4) is 0 Å². The van der Waals surface area contributed by atoms with E-state index in [0.29, 0.717) is 0 Å². The molecule has 172 valence electrons. The fraction of sp³-hybridized carbons (Fsp3) is 0.385. The Labute approximate surface area is 201 Å². The van der Waals surface area contributed by atoms with Crippen LogP contribution in [-0.4, -0.2) is 45.4 Å². The Morgan fingerprint density at radius 2 is 1.97 bits per heavy atom. The van der Waals surface area contributed by atoms with Crippen molar-refractivity contribution in [1.82, 2.24) is 19.8 Å². The first-order valence-electron chi connectivity index (χ1n) is 11.8. The molecule has 6 nitrogen and oxygen atoms in total. The van der Waals surface area contributed by atoms with E-state index in [2.05, 4.69) is 73.7 Å². The van der Waals surface area contributed by atoms with Crippen LogP contribution in [0.2, 0.25) is 0 Å². The van der Waals surface area contributed by atoms with Crippen LogP contribution < -0.4 is 10.6 Å². The highest BCUT2D eigenvalue weighted by molar-refractivity contribution is 7.80. The van der Waals surface area contributed by atoms with E-state index < -0.39 is 0 Å². The third kappa shape index (κ3) is 5.04. The van der Waals surface area contributed by atoms with Gasteiger partial charge in [-0.25, -0.2) is 0 Å². The van der Waals surface area contributed by atoms with Gasteiger partial charge in [0.15, 0.2) is 5.11 Å². The van der Waals surface area contributed by atoms with E-state index in [9.17, 15) is 0 Å². The average molecular weight is 462 g/mol. The number of nitrogens with one attached hydrogen (secondary N) is 2. The summed E-state index contributed by atoms with van der Waals surface area (Å²) in [5.74, 6) is 0. The van der Waals surface area contributed by atoms with Gasteiger partial charge in [0.25, 0.3) is 0 Å². The molecule has 1 aromatic carbocycles. The predicted molar refractivity (Wildman–Crippen MR) is 135 cm³/mol. The Bertz CT molecular complexity index is 1040. The number of nitrogens with zero attached hydrogens (tertiary/aromatic N) is 3. The minimum absolute atomic E-state index is 0.0129. The summed E-state index contributed by atoms with van der Waals surface area (Å²) < 4.78 is 8.28. The number of pyridine rings is 1. The minimum Gasteiger partial charge on any atom is -0.385 e. The van der Waals surface area contributed by atoms with Gasteiger partial charge in [0.05, 0.1) is 23.9 Å². The zero-order valence-electron chi connectivity index (χ0n) is 18.8. The summed E-state index contributed by atoms with van der Waals surface area (Å²) in [5, 5.41) is 7.87. The van der Waals surface area contributed by atoms with Gasteiger partial charge in [0.1, 0.15) is 0 Å². The molecule has 2 aliphatic rings. The molecule has 0 aliphatic carbocycles. The molecule has 5 rings (SSSR count). The van der Waals surface area contributed by atoms with Gasteiger partial charge in [0, 0.05) is 50.0 Å². The molecule has 2 aromatic heterocycles. The number of hydrogen-bond acceptors (Lipinski definition) is 4. The normalized spacial score (nSPS) is 22.5. The van der Waals surface area contributed by atoms with Crippen LogP contribution >= 0.6 is 12.2 Å². The van der Waals surface area contributed by atoms with E-state index in [-0.39, 0.29) is 18.2 Å². The van der Waals surface area contributed by atoms with Gasteiger partial charge in [-0.3, -0.25) is 4.98 Å². The number of para-hydroxylation sites is 1. The highest BCUT2D eigenvalue weighted by Crippen LogP contribution is 2.39. The van der Waals surface area contributed by atoms with E-state index in [0.717, 1.165) is 62.0 Å². The number of hydrogen-bond donors (Lipinski definition) is 2.